The Hall–Kier alpha value is -0.160. The van der Waals surface area contributed by atoms with Crippen LogP contribution in [-0.2, 0) is 0 Å². The number of piperidine rings is 1. The molecule has 0 bridgehead atoms. The highest BCUT2D eigenvalue weighted by Gasteiger charge is 2.18. The van der Waals surface area contributed by atoms with E-state index in [4.69, 9.17) is 5.73 Å². The third kappa shape index (κ3) is 5.25. The van der Waals surface area contributed by atoms with Crippen molar-refractivity contribution in [1.29, 1.82) is 0 Å². The summed E-state index contributed by atoms with van der Waals surface area (Å²) in [6.07, 6.45) is 3.01. The van der Waals surface area contributed by atoms with Crippen molar-refractivity contribution in [2.45, 2.75) is 25.4 Å². The molecule has 1 rings (SSSR count). The number of likely N-dealkylation sites (N-methyl/N-ethyl adjacent to an activating group) is 1. The zero-order chi connectivity index (χ0) is 12.0. The van der Waals surface area contributed by atoms with Gasteiger partial charge in [-0.05, 0) is 58.9 Å². The van der Waals surface area contributed by atoms with Gasteiger partial charge in [-0.25, -0.2) is 0 Å². The maximum atomic E-state index is 9.66. The molecule has 1 aliphatic rings. The summed E-state index contributed by atoms with van der Waals surface area (Å²) in [7, 11) is 4.28. The monoisotopic (exact) mass is 229 g/mol. The van der Waals surface area contributed by atoms with Gasteiger partial charge in [0.2, 0.25) is 0 Å². The van der Waals surface area contributed by atoms with E-state index in [2.05, 4.69) is 23.9 Å². The van der Waals surface area contributed by atoms with Gasteiger partial charge >= 0.3 is 0 Å². The van der Waals surface area contributed by atoms with Gasteiger partial charge in [0.05, 0.1) is 6.10 Å². The second-order valence-corrected chi connectivity index (χ2v) is 5.20. The Balaban J connectivity index is 2.15. The van der Waals surface area contributed by atoms with Gasteiger partial charge in [-0.2, -0.15) is 0 Å². The first-order chi connectivity index (χ1) is 7.61. The predicted octanol–water partition coefficient (Wildman–Crippen LogP) is -0.0303. The highest BCUT2D eigenvalue weighted by atomic mass is 16.3. The minimum atomic E-state index is -0.263. The van der Waals surface area contributed by atoms with Gasteiger partial charge in [0, 0.05) is 13.1 Å². The van der Waals surface area contributed by atoms with Crippen LogP contribution in [0.5, 0.6) is 0 Å². The fourth-order valence-electron chi connectivity index (χ4n) is 2.40. The molecule has 0 spiro atoms. The summed E-state index contributed by atoms with van der Waals surface area (Å²) in [5.74, 6) is 0.797. The molecule has 0 amide bonds. The molecule has 0 aliphatic carbocycles. The zero-order valence-electron chi connectivity index (χ0n) is 10.7. The van der Waals surface area contributed by atoms with Crippen molar-refractivity contribution in [1.82, 2.24) is 9.80 Å². The summed E-state index contributed by atoms with van der Waals surface area (Å²) >= 11 is 0. The molecule has 1 saturated heterocycles. The predicted molar refractivity (Wildman–Crippen MR) is 67.4 cm³/mol. The molecular weight excluding hydrogens is 202 g/mol. The second-order valence-electron chi connectivity index (χ2n) is 5.20. The van der Waals surface area contributed by atoms with Crippen LogP contribution >= 0.6 is 0 Å². The largest absolute Gasteiger partial charge is 0.392 e. The van der Waals surface area contributed by atoms with Crippen LogP contribution in [0.1, 0.15) is 19.3 Å². The maximum absolute atomic E-state index is 9.66. The number of nitrogens with two attached hydrogens (primary N) is 1. The smallest absolute Gasteiger partial charge is 0.0679 e. The highest BCUT2D eigenvalue weighted by Crippen LogP contribution is 2.16. The van der Waals surface area contributed by atoms with Crippen molar-refractivity contribution in [2.75, 3.05) is 46.8 Å². The van der Waals surface area contributed by atoms with Crippen LogP contribution in [0.2, 0.25) is 0 Å². The molecule has 0 aromatic rings. The van der Waals surface area contributed by atoms with Crippen LogP contribution in [0.4, 0.5) is 0 Å². The molecule has 1 fully saturated rings. The fourth-order valence-corrected chi connectivity index (χ4v) is 2.40. The van der Waals surface area contributed by atoms with Gasteiger partial charge in [-0.1, -0.05) is 0 Å². The topological polar surface area (TPSA) is 52.7 Å². The standard InChI is InChI=1S/C12H27N3O/c1-14-7-4-11(5-8-14)9-15(2)10-12(16)3-6-13/h11-12,16H,3-10,13H2,1-2H3. The van der Waals surface area contributed by atoms with Gasteiger partial charge in [-0.15, -0.1) is 0 Å². The van der Waals surface area contributed by atoms with Gasteiger partial charge in [0.25, 0.3) is 0 Å². The summed E-state index contributed by atoms with van der Waals surface area (Å²) in [5.41, 5.74) is 5.42. The van der Waals surface area contributed by atoms with E-state index in [-0.39, 0.29) is 6.10 Å². The maximum Gasteiger partial charge on any atom is 0.0679 e. The Morgan fingerprint density at radius 3 is 2.62 bits per heavy atom. The Labute approximate surface area is 99.4 Å². The quantitative estimate of drug-likeness (QED) is 0.671. The molecule has 96 valence electrons. The summed E-state index contributed by atoms with van der Waals surface area (Å²) in [6.45, 7) is 4.86. The average Bonchev–Trinajstić information content (AvgIpc) is 2.21. The fraction of sp³-hybridized carbons (Fsp3) is 1.00. The zero-order valence-corrected chi connectivity index (χ0v) is 10.7. The molecule has 0 aromatic heterocycles. The summed E-state index contributed by atoms with van der Waals surface area (Å²) in [4.78, 5) is 4.64. The van der Waals surface area contributed by atoms with Crippen LogP contribution in [-0.4, -0.2) is 67.8 Å². The van der Waals surface area contributed by atoms with Crippen molar-refractivity contribution in [2.24, 2.45) is 11.7 Å². The number of hydrogen-bond acceptors (Lipinski definition) is 4. The summed E-state index contributed by atoms with van der Waals surface area (Å²) < 4.78 is 0. The molecule has 4 heteroatoms. The molecule has 1 heterocycles. The van der Waals surface area contributed by atoms with Crippen LogP contribution in [0.15, 0.2) is 0 Å². The van der Waals surface area contributed by atoms with Gasteiger partial charge < -0.3 is 20.6 Å². The van der Waals surface area contributed by atoms with E-state index < -0.39 is 0 Å². The highest BCUT2D eigenvalue weighted by molar-refractivity contribution is 4.73. The molecule has 4 nitrogen and oxygen atoms in total. The van der Waals surface area contributed by atoms with Crippen molar-refractivity contribution in [3.05, 3.63) is 0 Å². The van der Waals surface area contributed by atoms with Crippen LogP contribution in [0.3, 0.4) is 0 Å². The Bertz CT molecular complexity index is 181. The first-order valence-corrected chi connectivity index (χ1v) is 6.37. The van der Waals surface area contributed by atoms with E-state index in [1.807, 2.05) is 0 Å². The molecule has 1 atom stereocenters. The molecule has 0 radical (unpaired) electrons. The SMILES string of the molecule is CN1CCC(CN(C)CC(O)CCN)CC1. The normalized spacial score (nSPS) is 21.6. The lowest BCUT2D eigenvalue weighted by molar-refractivity contribution is 0.101. The number of aliphatic hydroxyl groups excluding tert-OH is 1. The summed E-state index contributed by atoms with van der Waals surface area (Å²) in [6, 6.07) is 0. The van der Waals surface area contributed by atoms with Gasteiger partial charge in [-0.3, -0.25) is 0 Å². The third-order valence-electron chi connectivity index (χ3n) is 3.43. The molecule has 0 aromatic carbocycles. The van der Waals surface area contributed by atoms with E-state index in [9.17, 15) is 5.11 Å². The first kappa shape index (κ1) is 13.9. The Morgan fingerprint density at radius 1 is 1.44 bits per heavy atom. The number of nitrogens with zero attached hydrogens (tertiary/aromatic N) is 2. The van der Waals surface area contributed by atoms with Crippen molar-refractivity contribution < 1.29 is 5.11 Å². The molecule has 1 unspecified atom stereocenters. The van der Waals surface area contributed by atoms with E-state index in [0.717, 1.165) is 19.0 Å². The van der Waals surface area contributed by atoms with Crippen molar-refractivity contribution in [3.63, 3.8) is 0 Å². The lowest BCUT2D eigenvalue weighted by Crippen LogP contribution is -2.38. The Morgan fingerprint density at radius 2 is 2.06 bits per heavy atom. The number of hydrogen-bond donors (Lipinski definition) is 2. The molecule has 1 aliphatic heterocycles. The minimum absolute atomic E-state index is 0.263. The van der Waals surface area contributed by atoms with Crippen LogP contribution in [0, 0.1) is 5.92 Å². The van der Waals surface area contributed by atoms with Crippen LogP contribution < -0.4 is 5.73 Å². The first-order valence-electron chi connectivity index (χ1n) is 6.37. The Kier molecular flexibility index (Phi) is 6.28. The lowest BCUT2D eigenvalue weighted by Gasteiger charge is -2.32. The summed E-state index contributed by atoms with van der Waals surface area (Å²) in [5, 5.41) is 9.66. The van der Waals surface area contributed by atoms with E-state index in [1.54, 1.807) is 0 Å². The molecule has 16 heavy (non-hydrogen) atoms. The third-order valence-corrected chi connectivity index (χ3v) is 3.43. The average molecular weight is 229 g/mol. The molecular formula is C12H27N3O. The molecule has 3 N–H and O–H groups in total. The number of aliphatic hydroxyl groups is 1. The number of rotatable bonds is 6. The van der Waals surface area contributed by atoms with Crippen molar-refractivity contribution in [3.8, 4) is 0 Å². The number of likely N-dealkylation sites (tertiary alicyclic amines) is 1. The molecule has 0 saturated carbocycles. The van der Waals surface area contributed by atoms with Gasteiger partial charge in [0.15, 0.2) is 0 Å². The minimum Gasteiger partial charge on any atom is -0.392 e. The van der Waals surface area contributed by atoms with Gasteiger partial charge in [0.1, 0.15) is 0 Å². The van der Waals surface area contributed by atoms with E-state index in [0.29, 0.717) is 13.0 Å². The lowest BCUT2D eigenvalue weighted by atomic mass is 9.96. The van der Waals surface area contributed by atoms with E-state index >= 15 is 0 Å². The second kappa shape index (κ2) is 7.22. The van der Waals surface area contributed by atoms with E-state index in [1.165, 1.54) is 25.9 Å². The van der Waals surface area contributed by atoms with Crippen LogP contribution in [0.25, 0.3) is 0 Å². The van der Waals surface area contributed by atoms with Crippen molar-refractivity contribution >= 4 is 0 Å².